The van der Waals surface area contributed by atoms with Gasteiger partial charge in [0.2, 0.25) is 0 Å². The number of benzene rings is 2. The molecule has 0 aliphatic carbocycles. The van der Waals surface area contributed by atoms with Crippen LogP contribution in [0.15, 0.2) is 54.1 Å². The summed E-state index contributed by atoms with van der Waals surface area (Å²) >= 11 is 0. The summed E-state index contributed by atoms with van der Waals surface area (Å²) < 4.78 is 10.6. The molecule has 0 radical (unpaired) electrons. The Morgan fingerprint density at radius 2 is 1.78 bits per heavy atom. The van der Waals surface area contributed by atoms with Gasteiger partial charge in [0.15, 0.2) is 17.6 Å². The highest BCUT2D eigenvalue weighted by Crippen LogP contribution is 2.37. The molecule has 1 fully saturated rings. The van der Waals surface area contributed by atoms with E-state index in [4.69, 9.17) is 14.3 Å². The van der Waals surface area contributed by atoms with Crippen molar-refractivity contribution < 1.29 is 23.9 Å². The monoisotopic (exact) mass is 366 g/mol. The number of fused-ring (bicyclic) bond motifs is 1. The molecule has 2 aromatic carbocycles. The first-order valence-corrected chi connectivity index (χ1v) is 8.42. The Morgan fingerprint density at radius 3 is 2.48 bits per heavy atom. The predicted octanol–water partition coefficient (Wildman–Crippen LogP) is 1.89. The zero-order valence-electron chi connectivity index (χ0n) is 14.9. The summed E-state index contributed by atoms with van der Waals surface area (Å²) in [6, 6.07) is 14.6. The number of ether oxygens (including phenoxy) is 2. The molecule has 0 bridgehead atoms. The molecular formula is C20H18N2O5. The first kappa shape index (κ1) is 17.1. The van der Waals surface area contributed by atoms with Gasteiger partial charge in [0, 0.05) is 5.56 Å². The van der Waals surface area contributed by atoms with Crippen molar-refractivity contribution in [3.05, 3.63) is 65.2 Å². The van der Waals surface area contributed by atoms with Crippen LogP contribution in [0, 0.1) is 0 Å². The lowest BCUT2D eigenvalue weighted by atomic mass is 10.0. The van der Waals surface area contributed by atoms with E-state index < -0.39 is 6.10 Å². The van der Waals surface area contributed by atoms with Gasteiger partial charge in [-0.1, -0.05) is 30.3 Å². The van der Waals surface area contributed by atoms with Gasteiger partial charge in [-0.2, -0.15) is 0 Å². The van der Waals surface area contributed by atoms with Gasteiger partial charge in [-0.25, -0.2) is 0 Å². The molecule has 1 saturated heterocycles. The standard InChI is InChI=1S/C20H18N2O5/c1-25-14-9-8-13(10-15(14)26-2)17-16-18(27-21-17)20(24)22(19(16)23)11-12-6-4-3-5-7-12/h3-10,18,21H,11H2,1-2H3/t18-/m0/s1. The molecule has 138 valence electrons. The van der Waals surface area contributed by atoms with Crippen molar-refractivity contribution in [2.24, 2.45) is 0 Å². The Kier molecular flexibility index (Phi) is 4.29. The zero-order valence-corrected chi connectivity index (χ0v) is 14.9. The number of rotatable bonds is 5. The number of amides is 2. The Balaban J connectivity index is 1.70. The third-order valence-electron chi connectivity index (χ3n) is 4.63. The van der Waals surface area contributed by atoms with Gasteiger partial charge in [-0.15, -0.1) is 0 Å². The molecule has 7 heteroatoms. The number of imide groups is 1. The van der Waals surface area contributed by atoms with Crippen LogP contribution in [0.5, 0.6) is 11.5 Å². The minimum Gasteiger partial charge on any atom is -0.493 e. The van der Waals surface area contributed by atoms with Crippen LogP contribution in [-0.4, -0.2) is 37.0 Å². The summed E-state index contributed by atoms with van der Waals surface area (Å²) in [6.45, 7) is 0.209. The van der Waals surface area contributed by atoms with Crippen LogP contribution in [0.25, 0.3) is 5.70 Å². The minimum absolute atomic E-state index is 0.209. The van der Waals surface area contributed by atoms with Crippen molar-refractivity contribution >= 4 is 17.5 Å². The lowest BCUT2D eigenvalue weighted by molar-refractivity contribution is -0.144. The largest absolute Gasteiger partial charge is 0.493 e. The van der Waals surface area contributed by atoms with E-state index in [1.807, 2.05) is 30.3 Å². The van der Waals surface area contributed by atoms with Gasteiger partial charge < -0.3 is 9.47 Å². The second-order valence-electron chi connectivity index (χ2n) is 6.17. The van der Waals surface area contributed by atoms with Gasteiger partial charge >= 0.3 is 0 Å². The quantitative estimate of drug-likeness (QED) is 0.815. The maximum absolute atomic E-state index is 12.9. The Morgan fingerprint density at radius 1 is 1.04 bits per heavy atom. The van der Waals surface area contributed by atoms with E-state index in [2.05, 4.69) is 5.48 Å². The number of carbonyl (C=O) groups excluding carboxylic acids is 2. The van der Waals surface area contributed by atoms with E-state index >= 15 is 0 Å². The van der Waals surface area contributed by atoms with E-state index in [0.717, 1.165) is 5.56 Å². The van der Waals surface area contributed by atoms with E-state index in [1.54, 1.807) is 25.3 Å². The number of nitrogens with one attached hydrogen (secondary N) is 1. The zero-order chi connectivity index (χ0) is 19.0. The normalized spacial score (nSPS) is 18.6. The smallest absolute Gasteiger partial charge is 0.266 e. The molecule has 7 nitrogen and oxygen atoms in total. The summed E-state index contributed by atoms with van der Waals surface area (Å²) in [7, 11) is 3.08. The van der Waals surface area contributed by atoms with Crippen LogP contribution >= 0.6 is 0 Å². The first-order chi connectivity index (χ1) is 13.1. The summed E-state index contributed by atoms with van der Waals surface area (Å²) in [5.74, 6) is 0.360. The number of hydrogen-bond acceptors (Lipinski definition) is 6. The predicted molar refractivity (Wildman–Crippen MR) is 96.5 cm³/mol. The highest BCUT2D eigenvalue weighted by atomic mass is 16.7. The molecule has 0 unspecified atom stereocenters. The summed E-state index contributed by atoms with van der Waals surface area (Å²) in [6.07, 6.45) is -0.940. The van der Waals surface area contributed by atoms with Crippen LogP contribution in [0.2, 0.25) is 0 Å². The van der Waals surface area contributed by atoms with Gasteiger partial charge in [-0.05, 0) is 23.8 Å². The van der Waals surface area contributed by atoms with Crippen LogP contribution in [-0.2, 0) is 21.0 Å². The molecule has 1 atom stereocenters. The number of likely N-dealkylation sites (tertiary alicyclic amines) is 1. The summed E-state index contributed by atoms with van der Waals surface area (Å²) in [4.78, 5) is 32.2. The maximum Gasteiger partial charge on any atom is 0.266 e. The van der Waals surface area contributed by atoms with Gasteiger partial charge in [-0.3, -0.25) is 24.8 Å². The Labute approximate surface area is 156 Å². The third-order valence-corrected chi connectivity index (χ3v) is 4.63. The van der Waals surface area contributed by atoms with Crippen LogP contribution in [0.1, 0.15) is 11.1 Å². The number of hydroxylamine groups is 1. The van der Waals surface area contributed by atoms with E-state index in [9.17, 15) is 9.59 Å². The fraction of sp³-hybridized carbons (Fsp3) is 0.200. The topological polar surface area (TPSA) is 77.1 Å². The average molecular weight is 366 g/mol. The van der Waals surface area contributed by atoms with Crippen molar-refractivity contribution in [1.82, 2.24) is 10.4 Å². The summed E-state index contributed by atoms with van der Waals surface area (Å²) in [5, 5.41) is 0. The second kappa shape index (κ2) is 6.77. The Bertz CT molecular complexity index is 939. The highest BCUT2D eigenvalue weighted by molar-refractivity contribution is 6.20. The maximum atomic E-state index is 12.9. The van der Waals surface area contributed by atoms with Gasteiger partial charge in [0.05, 0.1) is 32.0 Å². The number of methoxy groups -OCH3 is 2. The average Bonchev–Trinajstić information content (AvgIpc) is 3.24. The van der Waals surface area contributed by atoms with Crippen molar-refractivity contribution in [2.45, 2.75) is 12.6 Å². The first-order valence-electron chi connectivity index (χ1n) is 8.42. The molecule has 0 saturated carbocycles. The van der Waals surface area contributed by atoms with Crippen LogP contribution in [0.3, 0.4) is 0 Å². The van der Waals surface area contributed by atoms with Crippen LogP contribution < -0.4 is 15.0 Å². The van der Waals surface area contributed by atoms with Crippen molar-refractivity contribution in [3.63, 3.8) is 0 Å². The molecule has 27 heavy (non-hydrogen) atoms. The number of carbonyl (C=O) groups is 2. The lowest BCUT2D eigenvalue weighted by Crippen LogP contribution is -2.33. The molecular weight excluding hydrogens is 348 g/mol. The molecule has 0 aromatic heterocycles. The second-order valence-corrected chi connectivity index (χ2v) is 6.17. The van der Waals surface area contributed by atoms with Gasteiger partial charge in [0.1, 0.15) is 0 Å². The van der Waals surface area contributed by atoms with E-state index in [-0.39, 0.29) is 18.4 Å². The molecule has 4 rings (SSSR count). The molecule has 2 amide bonds. The highest BCUT2D eigenvalue weighted by Gasteiger charge is 2.49. The fourth-order valence-electron chi connectivity index (χ4n) is 3.26. The fourth-order valence-corrected chi connectivity index (χ4v) is 3.26. The molecule has 2 aliphatic heterocycles. The van der Waals surface area contributed by atoms with Gasteiger partial charge in [0.25, 0.3) is 11.8 Å². The molecule has 1 N–H and O–H groups in total. The van der Waals surface area contributed by atoms with E-state index in [1.165, 1.54) is 12.0 Å². The number of nitrogens with zero attached hydrogens (tertiary/aromatic N) is 1. The van der Waals surface area contributed by atoms with E-state index in [0.29, 0.717) is 28.3 Å². The third kappa shape index (κ3) is 2.82. The SMILES string of the molecule is COc1ccc(C2=C3C(=O)N(Cc4ccccc4)C(=O)[C@H]3ON2)cc1OC. The molecule has 2 heterocycles. The molecule has 0 spiro atoms. The lowest BCUT2D eigenvalue weighted by Gasteiger charge is -2.16. The van der Waals surface area contributed by atoms with Crippen molar-refractivity contribution in [2.75, 3.05) is 14.2 Å². The van der Waals surface area contributed by atoms with Crippen molar-refractivity contribution in [1.29, 1.82) is 0 Å². The van der Waals surface area contributed by atoms with Crippen LogP contribution in [0.4, 0.5) is 0 Å². The molecule has 2 aromatic rings. The summed E-state index contributed by atoms with van der Waals surface area (Å²) in [5.41, 5.74) is 5.05. The Hall–Kier alpha value is -3.32. The minimum atomic E-state index is -0.940. The number of hydrogen-bond donors (Lipinski definition) is 1. The molecule has 2 aliphatic rings. The van der Waals surface area contributed by atoms with Crippen molar-refractivity contribution in [3.8, 4) is 11.5 Å².